The van der Waals surface area contributed by atoms with Gasteiger partial charge < -0.3 is 10.1 Å². The van der Waals surface area contributed by atoms with Crippen LogP contribution in [0, 0.1) is 13.8 Å². The van der Waals surface area contributed by atoms with E-state index >= 15 is 0 Å². The van der Waals surface area contributed by atoms with Crippen LogP contribution in [0.15, 0.2) is 42.7 Å². The lowest BCUT2D eigenvalue weighted by molar-refractivity contribution is -0.127. The van der Waals surface area contributed by atoms with Gasteiger partial charge in [-0.05, 0) is 55.7 Å². The number of carbonyl (C=O) groups excluding carboxylic acids is 1. The van der Waals surface area contributed by atoms with Crippen LogP contribution < -0.4 is 10.1 Å². The highest BCUT2D eigenvalue weighted by Crippen LogP contribution is 2.20. The maximum absolute atomic E-state index is 12.1. The zero-order chi connectivity index (χ0) is 15.2. The molecule has 1 aromatic carbocycles. The van der Waals surface area contributed by atoms with E-state index in [9.17, 15) is 4.79 Å². The summed E-state index contributed by atoms with van der Waals surface area (Å²) in [6, 6.07) is 9.71. The van der Waals surface area contributed by atoms with Crippen LogP contribution in [0.4, 0.5) is 0 Å². The van der Waals surface area contributed by atoms with E-state index in [-0.39, 0.29) is 5.91 Å². The second-order valence-corrected chi connectivity index (χ2v) is 5.10. The van der Waals surface area contributed by atoms with Crippen LogP contribution >= 0.6 is 0 Å². The molecule has 1 N–H and O–H groups in total. The van der Waals surface area contributed by atoms with Crippen LogP contribution in [0.2, 0.25) is 0 Å². The van der Waals surface area contributed by atoms with Gasteiger partial charge in [-0.2, -0.15) is 0 Å². The van der Waals surface area contributed by atoms with Crippen LogP contribution in [0.1, 0.15) is 23.6 Å². The van der Waals surface area contributed by atoms with Crippen LogP contribution in [-0.2, 0) is 11.3 Å². The normalized spacial score (nSPS) is 11.8. The fourth-order valence-electron chi connectivity index (χ4n) is 1.91. The molecule has 0 aliphatic rings. The van der Waals surface area contributed by atoms with E-state index in [0.717, 1.165) is 22.4 Å². The number of aryl methyl sites for hydroxylation is 2. The molecule has 0 aliphatic carbocycles. The van der Waals surface area contributed by atoms with Gasteiger partial charge in [0.25, 0.3) is 5.91 Å². The van der Waals surface area contributed by atoms with E-state index in [1.165, 1.54) is 0 Å². The molecule has 0 saturated carbocycles. The number of nitrogens with zero attached hydrogens (tertiary/aromatic N) is 1. The third kappa shape index (κ3) is 4.31. The minimum atomic E-state index is -0.535. The Morgan fingerprint density at radius 1 is 1.24 bits per heavy atom. The Morgan fingerprint density at radius 2 is 1.95 bits per heavy atom. The van der Waals surface area contributed by atoms with Gasteiger partial charge in [0.1, 0.15) is 5.75 Å². The molecule has 1 heterocycles. The Balaban J connectivity index is 1.92. The highest BCUT2D eigenvalue weighted by Gasteiger charge is 2.15. The maximum Gasteiger partial charge on any atom is 0.261 e. The van der Waals surface area contributed by atoms with Gasteiger partial charge in [-0.3, -0.25) is 9.78 Å². The molecule has 1 aromatic heterocycles. The number of ether oxygens (including phenoxy) is 1. The minimum Gasteiger partial charge on any atom is -0.481 e. The van der Waals surface area contributed by atoms with Crippen molar-refractivity contribution in [3.8, 4) is 5.75 Å². The first-order valence-electron chi connectivity index (χ1n) is 6.97. The minimum absolute atomic E-state index is 0.132. The fraction of sp³-hybridized carbons (Fsp3) is 0.294. The number of hydrogen-bond donors (Lipinski definition) is 1. The third-order valence-corrected chi connectivity index (χ3v) is 3.23. The zero-order valence-corrected chi connectivity index (χ0v) is 12.6. The summed E-state index contributed by atoms with van der Waals surface area (Å²) in [7, 11) is 0. The third-order valence-electron chi connectivity index (χ3n) is 3.23. The Labute approximate surface area is 125 Å². The van der Waals surface area contributed by atoms with Crippen molar-refractivity contribution in [1.29, 1.82) is 0 Å². The summed E-state index contributed by atoms with van der Waals surface area (Å²) in [6.45, 7) is 6.20. The zero-order valence-electron chi connectivity index (χ0n) is 12.6. The van der Waals surface area contributed by atoms with Gasteiger partial charge in [0.2, 0.25) is 0 Å². The van der Waals surface area contributed by atoms with Crippen LogP contribution in [0.25, 0.3) is 0 Å². The van der Waals surface area contributed by atoms with Gasteiger partial charge in [-0.25, -0.2) is 0 Å². The molecule has 0 aliphatic heterocycles. The van der Waals surface area contributed by atoms with Crippen LogP contribution in [-0.4, -0.2) is 17.0 Å². The van der Waals surface area contributed by atoms with Gasteiger partial charge in [-0.15, -0.1) is 0 Å². The van der Waals surface area contributed by atoms with Crippen molar-refractivity contribution in [2.45, 2.75) is 33.4 Å². The summed E-state index contributed by atoms with van der Waals surface area (Å²) in [6.07, 6.45) is 2.88. The Hall–Kier alpha value is -2.36. The van der Waals surface area contributed by atoms with Gasteiger partial charge in [0, 0.05) is 18.9 Å². The number of benzene rings is 1. The van der Waals surface area contributed by atoms with Crippen molar-refractivity contribution < 1.29 is 9.53 Å². The van der Waals surface area contributed by atoms with E-state index in [2.05, 4.69) is 10.3 Å². The lowest BCUT2D eigenvalue weighted by atomic mass is 10.1. The first-order chi connectivity index (χ1) is 10.1. The van der Waals surface area contributed by atoms with Crippen molar-refractivity contribution in [1.82, 2.24) is 10.3 Å². The molecule has 1 amide bonds. The van der Waals surface area contributed by atoms with E-state index < -0.39 is 6.10 Å². The predicted octanol–water partition coefficient (Wildman–Crippen LogP) is 2.78. The van der Waals surface area contributed by atoms with Crippen molar-refractivity contribution in [3.63, 3.8) is 0 Å². The maximum atomic E-state index is 12.1. The van der Waals surface area contributed by atoms with E-state index in [0.29, 0.717) is 6.54 Å². The number of hydrogen-bond acceptors (Lipinski definition) is 3. The van der Waals surface area contributed by atoms with Crippen LogP contribution in [0.3, 0.4) is 0 Å². The molecule has 1 atom stereocenters. The van der Waals surface area contributed by atoms with E-state index in [1.807, 2.05) is 44.2 Å². The first kappa shape index (κ1) is 15.0. The van der Waals surface area contributed by atoms with E-state index in [4.69, 9.17) is 4.74 Å². The number of carbonyl (C=O) groups is 1. The molecule has 0 spiro atoms. The molecule has 0 radical (unpaired) electrons. The second kappa shape index (κ2) is 6.88. The molecule has 0 fully saturated rings. The fourth-order valence-corrected chi connectivity index (χ4v) is 1.91. The largest absolute Gasteiger partial charge is 0.481 e. The summed E-state index contributed by atoms with van der Waals surface area (Å²) >= 11 is 0. The van der Waals surface area contributed by atoms with Gasteiger partial charge in [-0.1, -0.05) is 12.1 Å². The Bertz CT molecular complexity index is 611. The molecule has 110 valence electrons. The topological polar surface area (TPSA) is 51.2 Å². The van der Waals surface area contributed by atoms with Crippen molar-refractivity contribution in [2.24, 2.45) is 0 Å². The summed E-state index contributed by atoms with van der Waals surface area (Å²) in [5.41, 5.74) is 3.15. The Morgan fingerprint density at radius 3 is 2.67 bits per heavy atom. The standard InChI is InChI=1S/C17H20N2O2/c1-12-4-5-13(2)16(10-12)21-14(3)17(20)19-11-15-6-8-18-9-7-15/h4-10,14H,11H2,1-3H3,(H,19,20)/t14-/m0/s1. The molecule has 0 unspecified atom stereocenters. The molecule has 0 bridgehead atoms. The second-order valence-electron chi connectivity index (χ2n) is 5.10. The molecular weight excluding hydrogens is 264 g/mol. The van der Waals surface area contributed by atoms with Crippen molar-refractivity contribution in [3.05, 3.63) is 59.4 Å². The average molecular weight is 284 g/mol. The van der Waals surface area contributed by atoms with E-state index in [1.54, 1.807) is 19.3 Å². The number of rotatable bonds is 5. The Kier molecular flexibility index (Phi) is 4.93. The smallest absolute Gasteiger partial charge is 0.261 e. The monoisotopic (exact) mass is 284 g/mol. The highest BCUT2D eigenvalue weighted by molar-refractivity contribution is 5.80. The quantitative estimate of drug-likeness (QED) is 0.918. The van der Waals surface area contributed by atoms with Gasteiger partial charge >= 0.3 is 0 Å². The summed E-state index contributed by atoms with van der Waals surface area (Å²) < 4.78 is 5.75. The van der Waals surface area contributed by atoms with Crippen LogP contribution in [0.5, 0.6) is 5.75 Å². The highest BCUT2D eigenvalue weighted by atomic mass is 16.5. The van der Waals surface area contributed by atoms with Crippen molar-refractivity contribution >= 4 is 5.91 Å². The summed E-state index contributed by atoms with van der Waals surface area (Å²) in [5.74, 6) is 0.620. The average Bonchev–Trinajstić information content (AvgIpc) is 2.49. The molecule has 4 heteroatoms. The molecule has 21 heavy (non-hydrogen) atoms. The molecule has 2 rings (SSSR count). The SMILES string of the molecule is Cc1ccc(C)c(O[C@@H](C)C(=O)NCc2ccncc2)c1. The molecule has 0 saturated heterocycles. The first-order valence-corrected chi connectivity index (χ1v) is 6.97. The molecular formula is C17H20N2O2. The number of amides is 1. The van der Waals surface area contributed by atoms with Gasteiger partial charge in [0.05, 0.1) is 0 Å². The number of pyridine rings is 1. The summed E-state index contributed by atoms with van der Waals surface area (Å²) in [5, 5.41) is 2.86. The lowest BCUT2D eigenvalue weighted by Gasteiger charge is -2.16. The predicted molar refractivity (Wildman–Crippen MR) is 82.1 cm³/mol. The number of nitrogens with one attached hydrogen (secondary N) is 1. The van der Waals surface area contributed by atoms with Gasteiger partial charge in [0.15, 0.2) is 6.10 Å². The van der Waals surface area contributed by atoms with Crippen molar-refractivity contribution in [2.75, 3.05) is 0 Å². The molecule has 2 aromatic rings. The number of aromatic nitrogens is 1. The summed E-state index contributed by atoms with van der Waals surface area (Å²) in [4.78, 5) is 16.0. The lowest BCUT2D eigenvalue weighted by Crippen LogP contribution is -2.36. The molecule has 4 nitrogen and oxygen atoms in total.